The van der Waals surface area contributed by atoms with Crippen LogP contribution < -0.4 is 5.32 Å². The number of likely N-dealkylation sites (N-methyl/N-ethyl adjacent to an activating group) is 1. The van der Waals surface area contributed by atoms with Crippen molar-refractivity contribution in [2.75, 3.05) is 20.1 Å². The van der Waals surface area contributed by atoms with E-state index >= 15 is 0 Å². The van der Waals surface area contributed by atoms with E-state index in [9.17, 15) is 26.4 Å². The third-order valence-corrected chi connectivity index (χ3v) is 9.69. The lowest BCUT2D eigenvalue weighted by Crippen LogP contribution is -2.53. The zero-order valence-corrected chi connectivity index (χ0v) is 23.8. The van der Waals surface area contributed by atoms with Gasteiger partial charge in [-0.1, -0.05) is 51.1 Å². The molecule has 4 rings (SSSR count). The molecule has 1 saturated carbocycles. The average molecular weight is 566 g/mol. The van der Waals surface area contributed by atoms with Gasteiger partial charge in [-0.15, -0.1) is 0 Å². The van der Waals surface area contributed by atoms with Gasteiger partial charge in [-0.25, -0.2) is 8.42 Å². The van der Waals surface area contributed by atoms with Crippen LogP contribution in [-0.4, -0.2) is 61.8 Å². The molecule has 1 aliphatic carbocycles. The van der Waals surface area contributed by atoms with Crippen LogP contribution in [0.3, 0.4) is 0 Å². The van der Waals surface area contributed by atoms with Gasteiger partial charge in [0, 0.05) is 25.2 Å². The Morgan fingerprint density at radius 2 is 1.56 bits per heavy atom. The first-order valence-electron chi connectivity index (χ1n) is 13.5. The molecule has 214 valence electrons. The van der Waals surface area contributed by atoms with Crippen LogP contribution in [0.5, 0.6) is 0 Å². The quantitative estimate of drug-likeness (QED) is 0.491. The fourth-order valence-electron chi connectivity index (χ4n) is 5.22. The SMILES string of the molecule is CNC(Cc1ccc(C(C)(C)C)cc1)C(=O)N1CCC(N(C2CC2)S(=O)(=O)c2cccc(C(F)(F)F)c2)CC1. The van der Waals surface area contributed by atoms with Gasteiger partial charge in [0.1, 0.15) is 0 Å². The minimum absolute atomic E-state index is 0.0328. The summed E-state index contributed by atoms with van der Waals surface area (Å²) in [6, 6.07) is 11.3. The molecule has 1 atom stereocenters. The zero-order chi connectivity index (χ0) is 28.6. The van der Waals surface area contributed by atoms with Crippen molar-refractivity contribution < 1.29 is 26.4 Å². The maximum atomic E-state index is 13.5. The summed E-state index contributed by atoms with van der Waals surface area (Å²) < 4.78 is 68.2. The zero-order valence-electron chi connectivity index (χ0n) is 23.0. The fourth-order valence-corrected chi connectivity index (χ4v) is 7.20. The summed E-state index contributed by atoms with van der Waals surface area (Å²) in [5.41, 5.74) is 1.34. The second kappa shape index (κ2) is 11.2. The van der Waals surface area contributed by atoms with Crippen LogP contribution in [0, 0.1) is 0 Å². The first kappa shape index (κ1) is 29.6. The number of hydrogen-bond acceptors (Lipinski definition) is 4. The molecule has 2 aliphatic rings. The topological polar surface area (TPSA) is 69.7 Å². The highest BCUT2D eigenvalue weighted by molar-refractivity contribution is 7.89. The van der Waals surface area contributed by atoms with Crippen molar-refractivity contribution in [3.63, 3.8) is 0 Å². The van der Waals surface area contributed by atoms with E-state index < -0.39 is 27.8 Å². The number of piperidine rings is 1. The fraction of sp³-hybridized carbons (Fsp3) is 0.552. The highest BCUT2D eigenvalue weighted by Gasteiger charge is 2.44. The summed E-state index contributed by atoms with van der Waals surface area (Å²) in [5.74, 6) is -0.0328. The van der Waals surface area contributed by atoms with Crippen LogP contribution in [-0.2, 0) is 32.8 Å². The molecule has 0 aromatic heterocycles. The Morgan fingerprint density at radius 3 is 2.08 bits per heavy atom. The Balaban J connectivity index is 1.43. The van der Waals surface area contributed by atoms with Crippen molar-refractivity contribution in [3.8, 4) is 0 Å². The van der Waals surface area contributed by atoms with Gasteiger partial charge in [-0.05, 0) is 73.9 Å². The van der Waals surface area contributed by atoms with Crippen molar-refractivity contribution in [3.05, 3.63) is 65.2 Å². The van der Waals surface area contributed by atoms with Crippen molar-refractivity contribution in [1.29, 1.82) is 0 Å². The van der Waals surface area contributed by atoms with Crippen LogP contribution in [0.15, 0.2) is 53.4 Å². The molecule has 2 aromatic rings. The van der Waals surface area contributed by atoms with E-state index in [0.717, 1.165) is 23.8 Å². The van der Waals surface area contributed by atoms with Crippen molar-refractivity contribution in [2.24, 2.45) is 0 Å². The number of rotatable bonds is 8. The van der Waals surface area contributed by atoms with Gasteiger partial charge in [0.15, 0.2) is 0 Å². The Morgan fingerprint density at radius 1 is 0.974 bits per heavy atom. The second-order valence-electron chi connectivity index (χ2n) is 11.6. The van der Waals surface area contributed by atoms with Gasteiger partial charge in [0.25, 0.3) is 0 Å². The lowest BCUT2D eigenvalue weighted by molar-refractivity contribution is -0.137. The molecule has 10 heteroatoms. The molecule has 0 spiro atoms. The molecule has 0 radical (unpaired) electrons. The molecule has 2 fully saturated rings. The standard InChI is InChI=1S/C29H38F3N3O3S/c1-28(2,3)21-10-8-20(9-11-21)18-26(33-4)27(36)34-16-14-24(15-17-34)35(23-12-13-23)39(37,38)25-7-5-6-22(19-25)29(30,31)32/h5-11,19,23-24,26,33H,12-18H2,1-4H3. The Labute approximate surface area is 229 Å². The van der Waals surface area contributed by atoms with E-state index in [-0.39, 0.29) is 28.3 Å². The summed E-state index contributed by atoms with van der Waals surface area (Å²) in [7, 11) is -2.36. The number of sulfonamides is 1. The van der Waals surface area contributed by atoms with Gasteiger partial charge in [-0.2, -0.15) is 17.5 Å². The molecule has 1 saturated heterocycles. The predicted octanol–water partition coefficient (Wildman–Crippen LogP) is 4.98. The minimum Gasteiger partial charge on any atom is -0.341 e. The number of carbonyl (C=O) groups excluding carboxylic acids is 1. The van der Waals surface area contributed by atoms with Crippen molar-refractivity contribution in [2.45, 2.75) is 87.5 Å². The number of halogens is 3. The molecule has 1 N–H and O–H groups in total. The van der Waals surface area contributed by atoms with E-state index in [1.165, 1.54) is 15.9 Å². The molecule has 2 aromatic carbocycles. The molecular weight excluding hydrogens is 527 g/mol. The molecule has 6 nitrogen and oxygen atoms in total. The molecule has 1 aliphatic heterocycles. The van der Waals surface area contributed by atoms with Gasteiger partial charge >= 0.3 is 6.18 Å². The summed E-state index contributed by atoms with van der Waals surface area (Å²) in [5, 5.41) is 3.13. The molecule has 1 unspecified atom stereocenters. The monoisotopic (exact) mass is 565 g/mol. The number of alkyl halides is 3. The molecular formula is C29H38F3N3O3S. The number of nitrogens with zero attached hydrogens (tertiary/aromatic N) is 2. The Hall–Kier alpha value is -2.43. The van der Waals surface area contributed by atoms with Crippen molar-refractivity contribution >= 4 is 15.9 Å². The number of benzene rings is 2. The summed E-state index contributed by atoms with van der Waals surface area (Å²) in [6.45, 7) is 7.25. The van der Waals surface area contributed by atoms with Crippen LogP contribution in [0.25, 0.3) is 0 Å². The summed E-state index contributed by atoms with van der Waals surface area (Å²) in [6.07, 6.45) is -1.83. The maximum Gasteiger partial charge on any atom is 0.416 e. The van der Waals surface area contributed by atoms with Gasteiger partial charge < -0.3 is 10.2 Å². The number of likely N-dealkylation sites (tertiary alicyclic amines) is 1. The number of nitrogens with one attached hydrogen (secondary N) is 1. The average Bonchev–Trinajstić information content (AvgIpc) is 3.71. The second-order valence-corrected chi connectivity index (χ2v) is 13.5. The van der Waals surface area contributed by atoms with Crippen molar-refractivity contribution in [1.82, 2.24) is 14.5 Å². The van der Waals surface area contributed by atoms with Crippen LogP contribution in [0.4, 0.5) is 13.2 Å². The maximum absolute atomic E-state index is 13.5. The summed E-state index contributed by atoms with van der Waals surface area (Å²) >= 11 is 0. The smallest absolute Gasteiger partial charge is 0.341 e. The number of amides is 1. The Bertz CT molecular complexity index is 1260. The number of carbonyl (C=O) groups is 1. The molecule has 1 heterocycles. The number of hydrogen-bond donors (Lipinski definition) is 1. The third-order valence-electron chi connectivity index (χ3n) is 7.69. The first-order valence-corrected chi connectivity index (χ1v) is 14.9. The van der Waals surface area contributed by atoms with Gasteiger partial charge in [0.2, 0.25) is 15.9 Å². The van der Waals surface area contributed by atoms with Gasteiger partial charge in [-0.3, -0.25) is 4.79 Å². The minimum atomic E-state index is -4.62. The lowest BCUT2D eigenvalue weighted by Gasteiger charge is -2.39. The highest BCUT2D eigenvalue weighted by atomic mass is 32.2. The highest BCUT2D eigenvalue weighted by Crippen LogP contribution is 2.38. The van der Waals surface area contributed by atoms with E-state index in [1.807, 2.05) is 0 Å². The van der Waals surface area contributed by atoms with Crippen LogP contribution in [0.1, 0.15) is 63.1 Å². The molecule has 39 heavy (non-hydrogen) atoms. The normalized spacial score (nSPS) is 18.4. The summed E-state index contributed by atoms with van der Waals surface area (Å²) in [4.78, 5) is 14.8. The van der Waals surface area contributed by atoms with E-state index in [0.29, 0.717) is 45.2 Å². The molecule has 0 bridgehead atoms. The Kier molecular flexibility index (Phi) is 8.50. The predicted molar refractivity (Wildman–Crippen MR) is 145 cm³/mol. The molecule has 1 amide bonds. The third kappa shape index (κ3) is 6.84. The first-order chi connectivity index (χ1) is 18.2. The van der Waals surface area contributed by atoms with E-state index in [1.54, 1.807) is 11.9 Å². The lowest BCUT2D eigenvalue weighted by atomic mass is 9.86. The largest absolute Gasteiger partial charge is 0.416 e. The van der Waals surface area contributed by atoms with E-state index in [2.05, 4.69) is 50.4 Å². The van der Waals surface area contributed by atoms with Crippen LogP contribution >= 0.6 is 0 Å². The van der Waals surface area contributed by atoms with E-state index in [4.69, 9.17) is 0 Å². The van der Waals surface area contributed by atoms with Gasteiger partial charge in [0.05, 0.1) is 16.5 Å². The van der Waals surface area contributed by atoms with Crippen LogP contribution in [0.2, 0.25) is 0 Å².